The second-order valence-electron chi connectivity index (χ2n) is 4.17. The van der Waals surface area contributed by atoms with Gasteiger partial charge in [0.25, 0.3) is 5.91 Å². The number of hydrogen-bond acceptors (Lipinski definition) is 2. The van der Waals surface area contributed by atoms with Crippen molar-refractivity contribution in [2.45, 2.75) is 20.8 Å². The van der Waals surface area contributed by atoms with Gasteiger partial charge in [-0.05, 0) is 32.9 Å². The highest BCUT2D eigenvalue weighted by Crippen LogP contribution is 2.17. The highest BCUT2D eigenvalue weighted by Gasteiger charge is 2.15. The molecule has 0 aliphatic heterocycles. The number of hydrogen-bond donors (Lipinski definition) is 1. The van der Waals surface area contributed by atoms with Crippen LogP contribution in [0, 0.1) is 20.8 Å². The summed E-state index contributed by atoms with van der Waals surface area (Å²) < 4.78 is 5.21. The lowest BCUT2D eigenvalue weighted by molar-refractivity contribution is 0.102. The van der Waals surface area contributed by atoms with Crippen molar-refractivity contribution in [3.05, 3.63) is 53.0 Å². The van der Waals surface area contributed by atoms with Crippen LogP contribution in [0.25, 0.3) is 0 Å². The van der Waals surface area contributed by atoms with Crippen LogP contribution in [0.15, 0.2) is 34.9 Å². The zero-order valence-corrected chi connectivity index (χ0v) is 10.2. The van der Waals surface area contributed by atoms with Crippen molar-refractivity contribution < 1.29 is 9.21 Å². The molecule has 1 amide bonds. The van der Waals surface area contributed by atoms with Crippen molar-refractivity contribution in [3.63, 3.8) is 0 Å². The van der Waals surface area contributed by atoms with Gasteiger partial charge in [0.05, 0.1) is 11.8 Å². The number of carbonyl (C=O) groups is 1. The Hall–Kier alpha value is -2.03. The van der Waals surface area contributed by atoms with E-state index >= 15 is 0 Å². The lowest BCUT2D eigenvalue weighted by Crippen LogP contribution is -2.13. The lowest BCUT2D eigenvalue weighted by Gasteiger charge is -2.05. The van der Waals surface area contributed by atoms with Crippen LogP contribution < -0.4 is 5.32 Å². The molecule has 0 bridgehead atoms. The number of anilines is 1. The van der Waals surface area contributed by atoms with Gasteiger partial charge >= 0.3 is 0 Å². The molecule has 88 valence electrons. The number of furan rings is 1. The lowest BCUT2D eigenvalue weighted by atomic mass is 10.1. The molecule has 1 heterocycles. The van der Waals surface area contributed by atoms with Crippen LogP contribution in [0.5, 0.6) is 0 Å². The van der Waals surface area contributed by atoms with E-state index in [4.69, 9.17) is 4.42 Å². The monoisotopic (exact) mass is 229 g/mol. The Morgan fingerprint density at radius 1 is 1.12 bits per heavy atom. The van der Waals surface area contributed by atoms with Crippen LogP contribution in [0.1, 0.15) is 27.2 Å². The van der Waals surface area contributed by atoms with E-state index in [2.05, 4.69) is 5.32 Å². The molecule has 0 saturated heterocycles. The van der Waals surface area contributed by atoms with Gasteiger partial charge in [-0.2, -0.15) is 0 Å². The second kappa shape index (κ2) is 4.45. The molecule has 0 spiro atoms. The maximum Gasteiger partial charge on any atom is 0.259 e. The number of benzene rings is 1. The van der Waals surface area contributed by atoms with Crippen LogP contribution in [0.2, 0.25) is 0 Å². The minimum Gasteiger partial charge on any atom is -0.469 e. The minimum atomic E-state index is -0.127. The number of carbonyl (C=O) groups excluding carboxylic acids is 1. The Morgan fingerprint density at radius 2 is 1.76 bits per heavy atom. The zero-order valence-electron chi connectivity index (χ0n) is 10.2. The fourth-order valence-corrected chi connectivity index (χ4v) is 1.74. The third-order valence-corrected chi connectivity index (χ3v) is 2.70. The van der Waals surface area contributed by atoms with Crippen molar-refractivity contribution in [1.29, 1.82) is 0 Å². The average Bonchev–Trinajstić information content (AvgIpc) is 2.62. The van der Waals surface area contributed by atoms with E-state index in [-0.39, 0.29) is 5.91 Å². The Morgan fingerprint density at radius 3 is 2.29 bits per heavy atom. The third kappa shape index (κ3) is 2.38. The van der Waals surface area contributed by atoms with Crippen molar-refractivity contribution in [1.82, 2.24) is 0 Å². The summed E-state index contributed by atoms with van der Waals surface area (Å²) in [5.41, 5.74) is 3.43. The minimum absolute atomic E-state index is 0.127. The Bertz CT molecular complexity index is 518. The molecule has 3 nitrogen and oxygen atoms in total. The van der Waals surface area contributed by atoms with Crippen molar-refractivity contribution in [2.24, 2.45) is 0 Å². The average molecular weight is 229 g/mol. The van der Waals surface area contributed by atoms with Crippen molar-refractivity contribution in [3.8, 4) is 0 Å². The van der Waals surface area contributed by atoms with Crippen molar-refractivity contribution >= 4 is 11.6 Å². The summed E-state index contributed by atoms with van der Waals surface area (Å²) in [6.07, 6.45) is 1.60. The van der Waals surface area contributed by atoms with Crippen LogP contribution in [0.4, 0.5) is 5.69 Å². The molecular formula is C14H15NO2. The fourth-order valence-electron chi connectivity index (χ4n) is 1.74. The summed E-state index contributed by atoms with van der Waals surface area (Å²) in [4.78, 5) is 12.0. The van der Waals surface area contributed by atoms with Crippen LogP contribution in [0.3, 0.4) is 0 Å². The molecule has 3 heteroatoms. The van der Waals surface area contributed by atoms with Gasteiger partial charge in [0, 0.05) is 11.3 Å². The van der Waals surface area contributed by atoms with E-state index in [9.17, 15) is 4.79 Å². The Labute approximate surface area is 100 Å². The molecule has 0 radical (unpaired) electrons. The third-order valence-electron chi connectivity index (χ3n) is 2.70. The van der Waals surface area contributed by atoms with Gasteiger partial charge in [-0.1, -0.05) is 17.7 Å². The summed E-state index contributed by atoms with van der Waals surface area (Å²) in [6, 6.07) is 7.70. The first-order valence-corrected chi connectivity index (χ1v) is 5.50. The number of amides is 1. The zero-order chi connectivity index (χ0) is 12.4. The van der Waals surface area contributed by atoms with E-state index in [1.54, 1.807) is 13.2 Å². The van der Waals surface area contributed by atoms with Gasteiger partial charge in [-0.15, -0.1) is 0 Å². The first-order chi connectivity index (χ1) is 8.08. The molecule has 1 N–H and O–H groups in total. The van der Waals surface area contributed by atoms with Gasteiger partial charge in [0.15, 0.2) is 0 Å². The first kappa shape index (κ1) is 11.5. The molecule has 0 aliphatic rings. The summed E-state index contributed by atoms with van der Waals surface area (Å²) in [5.74, 6) is 0.518. The summed E-state index contributed by atoms with van der Waals surface area (Å²) in [7, 11) is 0. The van der Waals surface area contributed by atoms with Gasteiger partial charge < -0.3 is 9.73 Å². The Kier molecular flexibility index (Phi) is 3.00. The maximum absolute atomic E-state index is 12.0. The SMILES string of the molecule is Cc1ccc(NC(=O)c2c(C)coc2C)cc1. The molecule has 0 aliphatic carbocycles. The smallest absolute Gasteiger partial charge is 0.259 e. The number of nitrogens with one attached hydrogen (secondary N) is 1. The van der Waals surface area contributed by atoms with Gasteiger partial charge in [0.2, 0.25) is 0 Å². The van der Waals surface area contributed by atoms with Crippen LogP contribution in [-0.4, -0.2) is 5.91 Å². The second-order valence-corrected chi connectivity index (χ2v) is 4.17. The molecule has 0 fully saturated rings. The van der Waals surface area contributed by atoms with Crippen LogP contribution in [-0.2, 0) is 0 Å². The highest BCUT2D eigenvalue weighted by atomic mass is 16.3. The van der Waals surface area contributed by atoms with Crippen molar-refractivity contribution in [2.75, 3.05) is 5.32 Å². The quantitative estimate of drug-likeness (QED) is 0.856. The number of aryl methyl sites for hydroxylation is 3. The molecule has 1 aromatic heterocycles. The summed E-state index contributed by atoms with van der Waals surface area (Å²) in [6.45, 7) is 5.66. The number of rotatable bonds is 2. The van der Waals surface area contributed by atoms with Crippen LogP contribution >= 0.6 is 0 Å². The molecule has 0 saturated carbocycles. The molecule has 2 aromatic rings. The van der Waals surface area contributed by atoms with E-state index < -0.39 is 0 Å². The van der Waals surface area contributed by atoms with E-state index in [1.807, 2.05) is 38.1 Å². The Balaban J connectivity index is 2.20. The molecular weight excluding hydrogens is 214 g/mol. The molecule has 0 unspecified atom stereocenters. The van der Waals surface area contributed by atoms with Gasteiger partial charge in [-0.3, -0.25) is 4.79 Å². The normalized spacial score (nSPS) is 10.3. The molecule has 2 rings (SSSR count). The topological polar surface area (TPSA) is 42.2 Å². The fraction of sp³-hybridized carbons (Fsp3) is 0.214. The van der Waals surface area contributed by atoms with E-state index in [0.29, 0.717) is 11.3 Å². The molecule has 0 atom stereocenters. The standard InChI is InChI=1S/C14H15NO2/c1-9-4-6-12(7-5-9)15-14(16)13-10(2)8-17-11(13)3/h4-8H,1-3H3,(H,15,16). The highest BCUT2D eigenvalue weighted by molar-refractivity contribution is 6.05. The first-order valence-electron chi connectivity index (χ1n) is 5.50. The molecule has 17 heavy (non-hydrogen) atoms. The predicted molar refractivity (Wildman–Crippen MR) is 67.3 cm³/mol. The van der Waals surface area contributed by atoms with E-state index in [0.717, 1.165) is 11.3 Å². The molecule has 1 aromatic carbocycles. The largest absolute Gasteiger partial charge is 0.469 e. The summed E-state index contributed by atoms with van der Waals surface area (Å²) in [5, 5.41) is 2.85. The van der Waals surface area contributed by atoms with Gasteiger partial charge in [0.1, 0.15) is 5.76 Å². The summed E-state index contributed by atoms with van der Waals surface area (Å²) >= 11 is 0. The predicted octanol–water partition coefficient (Wildman–Crippen LogP) is 3.46. The maximum atomic E-state index is 12.0. The van der Waals surface area contributed by atoms with Gasteiger partial charge in [-0.25, -0.2) is 0 Å². The van der Waals surface area contributed by atoms with E-state index in [1.165, 1.54) is 5.56 Å².